The predicted molar refractivity (Wildman–Crippen MR) is 85.5 cm³/mol. The van der Waals surface area contributed by atoms with Crippen LogP contribution in [0.1, 0.15) is 28.8 Å². The fourth-order valence-electron chi connectivity index (χ4n) is 2.52. The Bertz CT molecular complexity index is 712. The summed E-state index contributed by atoms with van der Waals surface area (Å²) in [7, 11) is 0. The number of nitrogens with one attached hydrogen (secondary N) is 1. The highest BCUT2D eigenvalue weighted by Gasteiger charge is 2.33. The van der Waals surface area contributed by atoms with Gasteiger partial charge in [0.1, 0.15) is 4.88 Å². The zero-order chi connectivity index (χ0) is 17.2. The molecule has 0 saturated carbocycles. The van der Waals surface area contributed by atoms with E-state index >= 15 is 0 Å². The third kappa shape index (κ3) is 4.05. The van der Waals surface area contributed by atoms with Gasteiger partial charge in [0.2, 0.25) is 5.91 Å². The summed E-state index contributed by atoms with van der Waals surface area (Å²) in [6, 6.07) is 7.68. The molecule has 1 fully saturated rings. The number of nitrogens with zero attached hydrogens (tertiary/aromatic N) is 2. The third-order valence-electron chi connectivity index (χ3n) is 3.80. The number of aromatic nitrogens is 1. The number of halogens is 3. The molecule has 24 heavy (non-hydrogen) atoms. The molecule has 3 rings (SSSR count). The first-order valence-electron chi connectivity index (χ1n) is 7.54. The Labute approximate surface area is 141 Å². The van der Waals surface area contributed by atoms with Crippen molar-refractivity contribution in [3.8, 4) is 0 Å². The number of rotatable bonds is 5. The van der Waals surface area contributed by atoms with Crippen molar-refractivity contribution >= 4 is 22.4 Å². The maximum absolute atomic E-state index is 12.5. The normalized spacial score (nSPS) is 15.1. The molecule has 1 N–H and O–H groups in total. The highest BCUT2D eigenvalue weighted by molar-refractivity contribution is 7.15. The Morgan fingerprint density at radius 3 is 2.50 bits per heavy atom. The summed E-state index contributed by atoms with van der Waals surface area (Å²) < 4.78 is 37.6. The molecule has 2 heterocycles. The van der Waals surface area contributed by atoms with Crippen molar-refractivity contribution in [3.05, 3.63) is 46.5 Å². The number of alkyl halides is 3. The van der Waals surface area contributed by atoms with E-state index in [4.69, 9.17) is 0 Å². The maximum Gasteiger partial charge on any atom is 0.427 e. The lowest BCUT2D eigenvalue weighted by molar-refractivity contribution is -0.134. The van der Waals surface area contributed by atoms with Crippen molar-refractivity contribution in [1.82, 2.24) is 9.88 Å². The van der Waals surface area contributed by atoms with Crippen LogP contribution in [-0.2, 0) is 24.1 Å². The minimum atomic E-state index is -4.35. The quantitative estimate of drug-likeness (QED) is 0.885. The Morgan fingerprint density at radius 1 is 1.21 bits per heavy atom. The summed E-state index contributed by atoms with van der Waals surface area (Å²) in [5, 5.41) is 3.14. The second-order valence-corrected chi connectivity index (χ2v) is 6.65. The first kappa shape index (κ1) is 16.8. The second-order valence-electron chi connectivity index (χ2n) is 5.62. The molecule has 4 nitrogen and oxygen atoms in total. The summed E-state index contributed by atoms with van der Waals surface area (Å²) in [6.45, 7) is 1.80. The predicted octanol–water partition coefficient (Wildman–Crippen LogP) is 3.90. The van der Waals surface area contributed by atoms with Crippen molar-refractivity contribution in [1.29, 1.82) is 0 Å². The first-order chi connectivity index (χ1) is 11.4. The topological polar surface area (TPSA) is 45.2 Å². The van der Waals surface area contributed by atoms with Crippen LogP contribution in [0.5, 0.6) is 0 Å². The lowest BCUT2D eigenvalue weighted by Gasteiger charge is -2.15. The van der Waals surface area contributed by atoms with Gasteiger partial charge in [-0.1, -0.05) is 35.6 Å². The Hall–Kier alpha value is -2.09. The summed E-state index contributed by atoms with van der Waals surface area (Å²) >= 11 is 0.592. The number of anilines is 1. The Morgan fingerprint density at radius 2 is 1.92 bits per heavy atom. The van der Waals surface area contributed by atoms with E-state index in [0.29, 0.717) is 30.8 Å². The fraction of sp³-hybridized carbons (Fsp3) is 0.375. The van der Waals surface area contributed by atoms with Gasteiger partial charge in [-0.05, 0) is 17.5 Å². The van der Waals surface area contributed by atoms with E-state index < -0.39 is 11.1 Å². The molecular weight excluding hydrogens is 339 g/mol. The van der Waals surface area contributed by atoms with E-state index in [9.17, 15) is 18.0 Å². The smallest absolute Gasteiger partial charge is 0.357 e. The van der Waals surface area contributed by atoms with Crippen LogP contribution in [0.15, 0.2) is 30.5 Å². The largest absolute Gasteiger partial charge is 0.427 e. The van der Waals surface area contributed by atoms with Crippen molar-refractivity contribution in [2.45, 2.75) is 32.1 Å². The van der Waals surface area contributed by atoms with E-state index in [0.717, 1.165) is 30.3 Å². The molecule has 1 aliphatic heterocycles. The summed E-state index contributed by atoms with van der Waals surface area (Å²) in [4.78, 5) is 16.5. The summed E-state index contributed by atoms with van der Waals surface area (Å²) in [6.07, 6.45) is -1.99. The van der Waals surface area contributed by atoms with Crippen LogP contribution < -0.4 is 5.32 Å². The van der Waals surface area contributed by atoms with Gasteiger partial charge in [0, 0.05) is 26.1 Å². The monoisotopic (exact) mass is 355 g/mol. The molecule has 0 radical (unpaired) electrons. The molecule has 0 aliphatic carbocycles. The van der Waals surface area contributed by atoms with Gasteiger partial charge < -0.3 is 10.2 Å². The Kier molecular flexibility index (Phi) is 4.75. The van der Waals surface area contributed by atoms with E-state index in [-0.39, 0.29) is 11.0 Å². The maximum atomic E-state index is 12.5. The number of likely N-dealkylation sites (tertiary alicyclic amines) is 1. The average molecular weight is 355 g/mol. The van der Waals surface area contributed by atoms with E-state index in [1.807, 2.05) is 29.2 Å². The molecule has 0 unspecified atom stereocenters. The number of carbonyl (C=O) groups excluding carboxylic acids is 1. The first-order valence-corrected chi connectivity index (χ1v) is 8.36. The number of amides is 1. The van der Waals surface area contributed by atoms with Gasteiger partial charge in [-0.25, -0.2) is 4.98 Å². The van der Waals surface area contributed by atoms with Crippen molar-refractivity contribution in [2.75, 3.05) is 11.9 Å². The van der Waals surface area contributed by atoms with Crippen LogP contribution in [-0.4, -0.2) is 22.3 Å². The molecule has 128 valence electrons. The molecule has 1 saturated heterocycles. The van der Waals surface area contributed by atoms with Crippen molar-refractivity contribution < 1.29 is 18.0 Å². The van der Waals surface area contributed by atoms with E-state index in [1.54, 1.807) is 0 Å². The average Bonchev–Trinajstić information content (AvgIpc) is 3.16. The van der Waals surface area contributed by atoms with E-state index in [2.05, 4.69) is 10.3 Å². The van der Waals surface area contributed by atoms with Gasteiger partial charge in [0.25, 0.3) is 0 Å². The minimum absolute atomic E-state index is 0.185. The lowest BCUT2D eigenvalue weighted by Crippen LogP contribution is -2.23. The second kappa shape index (κ2) is 6.80. The molecule has 8 heteroatoms. The SMILES string of the molecule is O=C1CCCN1Cc1ccc(CNc2ncc(C(F)(F)F)s2)cc1. The minimum Gasteiger partial charge on any atom is -0.357 e. The lowest BCUT2D eigenvalue weighted by atomic mass is 10.1. The van der Waals surface area contributed by atoms with Crippen molar-refractivity contribution in [3.63, 3.8) is 0 Å². The van der Waals surface area contributed by atoms with Gasteiger partial charge in [0.15, 0.2) is 5.13 Å². The van der Waals surface area contributed by atoms with Gasteiger partial charge in [-0.15, -0.1) is 0 Å². The van der Waals surface area contributed by atoms with E-state index in [1.165, 1.54) is 0 Å². The van der Waals surface area contributed by atoms with Gasteiger partial charge in [0.05, 0.1) is 6.20 Å². The zero-order valence-corrected chi connectivity index (χ0v) is 13.6. The molecule has 0 atom stereocenters. The number of hydrogen-bond donors (Lipinski definition) is 1. The van der Waals surface area contributed by atoms with Crippen LogP contribution >= 0.6 is 11.3 Å². The zero-order valence-electron chi connectivity index (χ0n) is 12.8. The van der Waals surface area contributed by atoms with Gasteiger partial charge in [-0.3, -0.25) is 4.79 Å². The number of thiazole rings is 1. The fourth-order valence-corrected chi connectivity index (χ4v) is 3.20. The van der Waals surface area contributed by atoms with Crippen LogP contribution in [0.2, 0.25) is 0 Å². The molecule has 1 aromatic carbocycles. The van der Waals surface area contributed by atoms with Crippen LogP contribution in [0.3, 0.4) is 0 Å². The molecule has 1 aromatic heterocycles. The van der Waals surface area contributed by atoms with Crippen LogP contribution in [0.25, 0.3) is 0 Å². The van der Waals surface area contributed by atoms with Crippen molar-refractivity contribution in [2.24, 2.45) is 0 Å². The van der Waals surface area contributed by atoms with Gasteiger partial charge in [-0.2, -0.15) is 13.2 Å². The molecule has 1 amide bonds. The molecule has 0 spiro atoms. The highest BCUT2D eigenvalue weighted by atomic mass is 32.1. The highest BCUT2D eigenvalue weighted by Crippen LogP contribution is 2.35. The molecule has 1 aliphatic rings. The molecular formula is C16H16F3N3OS. The number of carbonyl (C=O) groups is 1. The summed E-state index contributed by atoms with van der Waals surface area (Å²) in [5.41, 5.74) is 1.98. The standard InChI is InChI=1S/C16H16F3N3OS/c17-16(18,19)13-9-21-15(24-13)20-8-11-3-5-12(6-4-11)10-22-7-1-2-14(22)23/h3-6,9H,1-2,7-8,10H2,(H,20,21). The number of hydrogen-bond acceptors (Lipinski definition) is 4. The van der Waals surface area contributed by atoms with Crippen LogP contribution in [0.4, 0.5) is 18.3 Å². The van der Waals surface area contributed by atoms with Gasteiger partial charge >= 0.3 is 6.18 Å². The Balaban J connectivity index is 1.54. The molecule has 2 aromatic rings. The number of benzene rings is 1. The molecule has 0 bridgehead atoms. The van der Waals surface area contributed by atoms with Crippen LogP contribution in [0, 0.1) is 0 Å². The summed E-state index contributed by atoms with van der Waals surface area (Å²) in [5.74, 6) is 0.185. The third-order valence-corrected chi connectivity index (χ3v) is 4.80.